The largest absolute Gasteiger partial charge is 0.337 e. The van der Waals surface area contributed by atoms with Gasteiger partial charge < -0.3 is 10.3 Å². The SMILES string of the molecule is CSCCc1nc(SCC(=O)Nc2ccc(S(N)(=O)=O)cc2)[nH]c1C. The highest BCUT2D eigenvalue weighted by atomic mass is 32.2. The summed E-state index contributed by atoms with van der Waals surface area (Å²) in [6.45, 7) is 1.97. The number of amides is 1. The second-order valence-corrected chi connectivity index (χ2v) is 8.77. The van der Waals surface area contributed by atoms with Gasteiger partial charge in [-0.05, 0) is 43.2 Å². The number of rotatable bonds is 8. The van der Waals surface area contributed by atoms with Gasteiger partial charge in [0, 0.05) is 17.8 Å². The summed E-state index contributed by atoms with van der Waals surface area (Å²) in [5.41, 5.74) is 2.56. The summed E-state index contributed by atoms with van der Waals surface area (Å²) in [5, 5.41) is 8.46. The number of hydrogen-bond donors (Lipinski definition) is 3. The van der Waals surface area contributed by atoms with Crippen molar-refractivity contribution >= 4 is 45.1 Å². The summed E-state index contributed by atoms with van der Waals surface area (Å²) in [7, 11) is -3.73. The number of benzene rings is 1. The lowest BCUT2D eigenvalue weighted by atomic mass is 10.3. The molecule has 10 heteroatoms. The summed E-state index contributed by atoms with van der Waals surface area (Å²) in [5.74, 6) is 1.00. The first-order valence-electron chi connectivity index (χ1n) is 7.39. The molecule has 0 aliphatic rings. The number of carbonyl (C=O) groups is 1. The Kier molecular flexibility index (Phi) is 6.94. The molecule has 1 aromatic heterocycles. The lowest BCUT2D eigenvalue weighted by Gasteiger charge is -2.05. The van der Waals surface area contributed by atoms with E-state index in [1.807, 2.05) is 6.92 Å². The van der Waals surface area contributed by atoms with Crippen molar-refractivity contribution in [2.75, 3.05) is 23.1 Å². The molecule has 4 N–H and O–H groups in total. The van der Waals surface area contributed by atoms with Crippen molar-refractivity contribution in [3.63, 3.8) is 0 Å². The molecule has 0 aliphatic heterocycles. The molecule has 2 aromatic rings. The number of primary sulfonamides is 1. The molecule has 0 atom stereocenters. The predicted molar refractivity (Wildman–Crippen MR) is 103 cm³/mol. The van der Waals surface area contributed by atoms with Crippen molar-refractivity contribution in [2.45, 2.75) is 23.4 Å². The fraction of sp³-hybridized carbons (Fsp3) is 0.333. The van der Waals surface area contributed by atoms with Crippen LogP contribution in [-0.4, -0.2) is 42.1 Å². The zero-order valence-electron chi connectivity index (χ0n) is 13.9. The van der Waals surface area contributed by atoms with E-state index in [4.69, 9.17) is 5.14 Å². The zero-order chi connectivity index (χ0) is 18.4. The number of aromatic nitrogens is 2. The van der Waals surface area contributed by atoms with Gasteiger partial charge in [-0.15, -0.1) is 0 Å². The molecular weight excluding hydrogens is 380 g/mol. The summed E-state index contributed by atoms with van der Waals surface area (Å²) in [6.07, 6.45) is 2.95. The molecule has 2 rings (SSSR count). The zero-order valence-corrected chi connectivity index (χ0v) is 16.4. The molecule has 0 saturated carbocycles. The third kappa shape index (κ3) is 6.07. The molecule has 0 saturated heterocycles. The Balaban J connectivity index is 1.88. The number of hydrogen-bond acceptors (Lipinski definition) is 6. The Morgan fingerprint density at radius 1 is 1.32 bits per heavy atom. The van der Waals surface area contributed by atoms with Crippen molar-refractivity contribution < 1.29 is 13.2 Å². The molecule has 0 fully saturated rings. The summed E-state index contributed by atoms with van der Waals surface area (Å²) >= 11 is 3.09. The minimum atomic E-state index is -3.73. The summed E-state index contributed by atoms with van der Waals surface area (Å²) in [6, 6.07) is 5.71. The van der Waals surface area contributed by atoms with Crippen molar-refractivity contribution in [1.82, 2.24) is 9.97 Å². The van der Waals surface area contributed by atoms with Gasteiger partial charge in [0.1, 0.15) is 0 Å². The van der Waals surface area contributed by atoms with E-state index in [1.165, 1.54) is 36.0 Å². The molecular formula is C15H20N4O3S3. The molecule has 1 aromatic carbocycles. The number of aryl methyl sites for hydroxylation is 2. The van der Waals surface area contributed by atoms with Crippen molar-refractivity contribution in [3.8, 4) is 0 Å². The van der Waals surface area contributed by atoms with Crippen LogP contribution in [0.2, 0.25) is 0 Å². The fourth-order valence-electron chi connectivity index (χ4n) is 2.04. The van der Waals surface area contributed by atoms with Gasteiger partial charge in [-0.1, -0.05) is 11.8 Å². The standard InChI is InChI=1S/C15H20N4O3S3/c1-10-13(7-8-23-2)19-15(17-10)24-9-14(20)18-11-3-5-12(6-4-11)25(16,21)22/h3-6H,7-9H2,1-2H3,(H,17,19)(H,18,20)(H2,16,21,22). The summed E-state index contributed by atoms with van der Waals surface area (Å²) < 4.78 is 22.4. The number of aromatic amines is 1. The topological polar surface area (TPSA) is 118 Å². The molecule has 7 nitrogen and oxygen atoms in total. The third-order valence-electron chi connectivity index (χ3n) is 3.31. The van der Waals surface area contributed by atoms with Gasteiger partial charge in [0.05, 0.1) is 16.3 Å². The van der Waals surface area contributed by atoms with E-state index in [0.717, 1.165) is 23.6 Å². The Labute approximate surface area is 155 Å². The van der Waals surface area contributed by atoms with Gasteiger partial charge in [0.15, 0.2) is 5.16 Å². The Morgan fingerprint density at radius 3 is 2.60 bits per heavy atom. The molecule has 0 unspecified atom stereocenters. The highest BCUT2D eigenvalue weighted by molar-refractivity contribution is 7.99. The molecule has 0 radical (unpaired) electrons. The van der Waals surface area contributed by atoms with E-state index in [0.29, 0.717) is 10.8 Å². The van der Waals surface area contributed by atoms with Gasteiger partial charge in [0.2, 0.25) is 15.9 Å². The van der Waals surface area contributed by atoms with Crippen molar-refractivity contribution in [1.29, 1.82) is 0 Å². The van der Waals surface area contributed by atoms with Crippen LogP contribution in [0.15, 0.2) is 34.3 Å². The van der Waals surface area contributed by atoms with Gasteiger partial charge in [0.25, 0.3) is 0 Å². The van der Waals surface area contributed by atoms with Crippen LogP contribution >= 0.6 is 23.5 Å². The average Bonchev–Trinajstić information content (AvgIpc) is 2.90. The normalized spacial score (nSPS) is 11.5. The third-order valence-corrected chi connectivity index (χ3v) is 5.73. The summed E-state index contributed by atoms with van der Waals surface area (Å²) in [4.78, 5) is 19.7. The molecule has 0 bridgehead atoms. The predicted octanol–water partition coefficient (Wildman–Crippen LogP) is 2.00. The second-order valence-electron chi connectivity index (χ2n) is 5.26. The van der Waals surface area contributed by atoms with Gasteiger partial charge in [-0.3, -0.25) is 4.79 Å². The molecule has 136 valence electrons. The Hall–Kier alpha value is -1.49. The van der Waals surface area contributed by atoms with Crippen LogP contribution in [0.3, 0.4) is 0 Å². The minimum absolute atomic E-state index is 0.00343. The van der Waals surface area contributed by atoms with Gasteiger partial charge >= 0.3 is 0 Å². The number of carbonyl (C=O) groups excluding carboxylic acids is 1. The number of H-pyrrole nitrogens is 1. The number of sulfonamides is 1. The van der Waals surface area contributed by atoms with Crippen LogP contribution in [-0.2, 0) is 21.2 Å². The van der Waals surface area contributed by atoms with Crippen molar-refractivity contribution in [2.24, 2.45) is 5.14 Å². The van der Waals surface area contributed by atoms with E-state index in [-0.39, 0.29) is 16.6 Å². The first kappa shape index (κ1) is 19.8. The highest BCUT2D eigenvalue weighted by Gasteiger charge is 2.11. The second kappa shape index (κ2) is 8.75. The number of nitrogens with one attached hydrogen (secondary N) is 2. The number of thioether (sulfide) groups is 2. The molecule has 1 amide bonds. The number of anilines is 1. The van der Waals surface area contributed by atoms with Crippen LogP contribution in [0.5, 0.6) is 0 Å². The van der Waals surface area contributed by atoms with Gasteiger partial charge in [-0.25, -0.2) is 18.5 Å². The quantitative estimate of drug-likeness (QED) is 0.583. The Bertz CT molecular complexity index is 832. The maximum atomic E-state index is 12.0. The van der Waals surface area contributed by atoms with E-state index in [1.54, 1.807) is 11.8 Å². The molecule has 0 spiro atoms. The highest BCUT2D eigenvalue weighted by Crippen LogP contribution is 2.19. The molecule has 25 heavy (non-hydrogen) atoms. The first-order valence-corrected chi connectivity index (χ1v) is 11.3. The van der Waals surface area contributed by atoms with Crippen LogP contribution in [0, 0.1) is 6.92 Å². The maximum absolute atomic E-state index is 12.0. The van der Waals surface area contributed by atoms with E-state index in [2.05, 4.69) is 21.5 Å². The van der Waals surface area contributed by atoms with Crippen molar-refractivity contribution in [3.05, 3.63) is 35.7 Å². The molecule has 0 aliphatic carbocycles. The van der Waals surface area contributed by atoms with Crippen LogP contribution in [0.25, 0.3) is 0 Å². The minimum Gasteiger partial charge on any atom is -0.337 e. The van der Waals surface area contributed by atoms with Crippen LogP contribution in [0.1, 0.15) is 11.4 Å². The van der Waals surface area contributed by atoms with E-state index in [9.17, 15) is 13.2 Å². The first-order chi connectivity index (χ1) is 11.8. The van der Waals surface area contributed by atoms with Gasteiger partial charge in [-0.2, -0.15) is 11.8 Å². The smallest absolute Gasteiger partial charge is 0.238 e. The number of nitrogens with two attached hydrogens (primary N) is 1. The van der Waals surface area contributed by atoms with E-state index >= 15 is 0 Å². The monoisotopic (exact) mass is 400 g/mol. The van der Waals surface area contributed by atoms with Crippen LogP contribution in [0.4, 0.5) is 5.69 Å². The average molecular weight is 401 g/mol. The lowest BCUT2D eigenvalue weighted by molar-refractivity contribution is -0.113. The fourth-order valence-corrected chi connectivity index (χ4v) is 3.69. The van der Waals surface area contributed by atoms with Crippen LogP contribution < -0.4 is 10.5 Å². The number of nitrogens with zero attached hydrogens (tertiary/aromatic N) is 1. The lowest BCUT2D eigenvalue weighted by Crippen LogP contribution is -2.15. The molecule has 1 heterocycles. The maximum Gasteiger partial charge on any atom is 0.238 e. The Morgan fingerprint density at radius 2 is 2.00 bits per heavy atom. The number of imidazole rings is 1. The van der Waals surface area contributed by atoms with E-state index < -0.39 is 10.0 Å².